The molecule has 8 amide bonds. The van der Waals surface area contributed by atoms with E-state index in [1.807, 2.05) is 99.5 Å². The molecule has 2 fully saturated rings. The van der Waals surface area contributed by atoms with Gasteiger partial charge >= 0.3 is 24.1 Å². The molecular formula is C103H116F2N18O19S5. The Balaban J connectivity index is 0.000000154. The summed E-state index contributed by atoms with van der Waals surface area (Å²) < 4.78 is 183. The fourth-order valence-electron chi connectivity index (χ4n) is 17.1. The summed E-state index contributed by atoms with van der Waals surface area (Å²) in [6.07, 6.45) is 27.8. The maximum Gasteiger partial charge on any atom is 0.333 e. The number of rotatable bonds is 33. The zero-order valence-electron chi connectivity index (χ0n) is 82.9. The molecule has 0 atom stereocenters. The predicted molar refractivity (Wildman–Crippen MR) is 555 cm³/mol. The molecule has 0 bridgehead atoms. The highest BCUT2D eigenvalue weighted by molar-refractivity contribution is 7.92. The summed E-state index contributed by atoms with van der Waals surface area (Å²) in [5.41, 5.74) is 17.5. The van der Waals surface area contributed by atoms with Crippen LogP contribution in [0.3, 0.4) is 0 Å². The Bertz CT molecular complexity index is 7540. The van der Waals surface area contributed by atoms with E-state index in [-0.39, 0.29) is 63.3 Å². The van der Waals surface area contributed by atoms with Crippen LogP contribution in [-0.2, 0) is 99.7 Å². The lowest BCUT2D eigenvalue weighted by Gasteiger charge is -2.19. The van der Waals surface area contributed by atoms with Crippen molar-refractivity contribution >= 4 is 108 Å². The Kier molecular flexibility index (Phi) is 36.2. The summed E-state index contributed by atoms with van der Waals surface area (Å²) in [5.74, 6) is -0.299. The van der Waals surface area contributed by atoms with E-state index < -0.39 is 97.2 Å². The standard InChI is InChI=1S/C22H28FNO4S.2C22H23N5O4S.C20H23FN4O3S.C17H19N3O4S/c1-5-6-9-29(26,27)14-18(25)13-21-19(15(2)3)11-17(23)12-20(21)16-7-8-24-22(10-16)28-4;1-31-20-11-15(9-10-23-20)19-8-5-14-3-2-4-18(14)21(19)25-22(28)26-32(29,30)17-12-24-27(13-17)16-6-7-16;1-31-20-13-16(7-9-23-20)18-11-14-3-2-4-15(14)12-19(18)24-22(28)26-32(29,30)21-8-10-27(25-21)17-5-6-17;1-5-6-9-29(27,28)25-20(26)24-19-16(13(2)3)11-15(21)12-17(19)14-7-8-23-18(10-14)22-4;1-24-15-10-12(8-9-18-15)14-7-6-11-4-3-5-13(11)16(14)19-17(21)20-25(2,22)23/h7-8,10-12,15H,5-6,9,13-14H2,1-4H3;5,8-13,16H,2-4,6-7H2,1H3,(H2,25,26,28);7-13,17H,2-6H2,1H3,(H2,24,26,28);7-8,10-13H,5-6,9H2,1-3H3,(H2,24,25,26);6-10H,3-5H2,1-2H3,(H2,19,20,21). The monoisotopic (exact) mass is 2110 g/mol. The number of hydrogen-bond donors (Lipinski definition) is 8. The molecule has 0 unspecified atom stereocenters. The number of sulfonamides is 4. The molecular weight excluding hydrogens is 1990 g/mol. The molecule has 7 aromatic heterocycles. The summed E-state index contributed by atoms with van der Waals surface area (Å²) in [7, 11) is -12.9. The van der Waals surface area contributed by atoms with Crippen LogP contribution in [0.25, 0.3) is 60.5 Å². The number of ether oxygens (including phenoxy) is 4. The molecule has 44 heteroatoms. The maximum absolute atomic E-state index is 14.4. The van der Waals surface area contributed by atoms with Crippen LogP contribution in [0.4, 0.5) is 56.5 Å². The quantitative estimate of drug-likeness (QED) is 0.0177. The zero-order valence-corrected chi connectivity index (χ0v) is 87.0. The highest BCUT2D eigenvalue weighted by Crippen LogP contribution is 2.44. The van der Waals surface area contributed by atoms with Crippen molar-refractivity contribution in [3.05, 3.63) is 250 Å². The maximum atomic E-state index is 14.4. The lowest BCUT2D eigenvalue weighted by Crippen LogP contribution is -2.36. The number of halogens is 2. The largest absolute Gasteiger partial charge is 0.481 e. The van der Waals surface area contributed by atoms with Gasteiger partial charge in [0.2, 0.25) is 43.6 Å². The molecule has 12 aromatic rings. The molecule has 5 aliphatic carbocycles. The SMILES string of the molecule is CCCCS(=O)(=O)CC(=O)Cc1c(-c2ccnc(OC)c2)cc(F)cc1C(C)C.COc1cc(-c2cc3c(cc2NC(=O)NS(=O)(=O)c2ccn(C4CC4)n2)CCC3)ccn1.COc1cc(-c2ccc3c(c2NC(=O)NS(=O)(=O)c2cnn(C4CC4)c2)CCC3)ccn1.COc1cc(-c2ccc3c(c2NC(=O)NS(C)(=O)=O)CCC3)ccn1.[C-]#[N+]c1cc(-c2cc(F)cc(C(C)C)c2NC(=O)NS(=O)(=O)CCCC)ccn1. The molecule has 147 heavy (non-hydrogen) atoms. The van der Waals surface area contributed by atoms with Crippen molar-refractivity contribution in [3.63, 3.8) is 0 Å². The first-order valence-electron chi connectivity index (χ1n) is 47.6. The fraction of sp³-hybridized carbons (Fsp3) is 0.350. The molecule has 2 saturated carbocycles. The van der Waals surface area contributed by atoms with Crippen molar-refractivity contribution in [2.24, 2.45) is 0 Å². The second-order valence-corrected chi connectivity index (χ2v) is 45.3. The molecule has 0 aliphatic heterocycles. The first kappa shape index (κ1) is 110. The van der Waals surface area contributed by atoms with Gasteiger partial charge in [-0.1, -0.05) is 85.2 Å². The van der Waals surface area contributed by atoms with Crippen LogP contribution in [0.5, 0.6) is 23.5 Å². The number of aromatic nitrogens is 9. The lowest BCUT2D eigenvalue weighted by atomic mass is 9.87. The number of carbonyl (C=O) groups is 5. The third-order valence-corrected chi connectivity index (χ3v) is 30.5. The molecule has 0 saturated heterocycles. The minimum atomic E-state index is -4.09. The van der Waals surface area contributed by atoms with E-state index in [9.17, 15) is 74.8 Å². The number of carbonyl (C=O) groups excluding carboxylic acids is 5. The minimum Gasteiger partial charge on any atom is -0.481 e. The molecule has 8 N–H and O–H groups in total. The normalized spacial score (nSPS) is 13.4. The number of Topliss-reactive ketones (excluding diaryl/α,β-unsaturated/α-hetero) is 1. The summed E-state index contributed by atoms with van der Waals surface area (Å²) in [4.78, 5) is 86.2. The predicted octanol–water partition coefficient (Wildman–Crippen LogP) is 18.1. The number of anilines is 4. The van der Waals surface area contributed by atoms with E-state index in [0.29, 0.717) is 98.8 Å². The molecule has 776 valence electrons. The summed E-state index contributed by atoms with van der Waals surface area (Å²) in [5, 5.41) is 18.8. The van der Waals surface area contributed by atoms with Gasteiger partial charge in [-0.15, -0.1) is 4.98 Å². The highest BCUT2D eigenvalue weighted by atomic mass is 32.2. The van der Waals surface area contributed by atoms with Crippen LogP contribution >= 0.6 is 0 Å². The van der Waals surface area contributed by atoms with E-state index in [2.05, 4.69) is 76.7 Å². The van der Waals surface area contributed by atoms with Gasteiger partial charge in [0.1, 0.15) is 28.5 Å². The number of aryl methyl sites for hydroxylation is 4. The van der Waals surface area contributed by atoms with Crippen LogP contribution in [0.1, 0.15) is 186 Å². The summed E-state index contributed by atoms with van der Waals surface area (Å²) in [6, 6.07) is 33.0. The Morgan fingerprint density at radius 2 is 0.905 bits per heavy atom. The lowest BCUT2D eigenvalue weighted by molar-refractivity contribution is -0.116. The van der Waals surface area contributed by atoms with Crippen molar-refractivity contribution in [1.29, 1.82) is 0 Å². The first-order chi connectivity index (χ1) is 70.1. The van der Waals surface area contributed by atoms with E-state index >= 15 is 0 Å². The van der Waals surface area contributed by atoms with Gasteiger partial charge in [-0.25, -0.2) is 100 Å². The number of nitrogens with zero attached hydrogens (tertiary/aromatic N) is 10. The number of hydrogen-bond acceptors (Lipinski definition) is 26. The van der Waals surface area contributed by atoms with E-state index in [1.165, 1.54) is 94.6 Å². The van der Waals surface area contributed by atoms with E-state index in [0.717, 1.165) is 152 Å². The number of urea groups is 4. The number of pyridine rings is 5. The number of methoxy groups -OCH3 is 4. The van der Waals surface area contributed by atoms with Gasteiger partial charge in [0.05, 0.1) is 87.2 Å². The Morgan fingerprint density at radius 1 is 0.463 bits per heavy atom. The Labute approximate surface area is 853 Å². The molecule has 0 radical (unpaired) electrons. The van der Waals surface area contributed by atoms with Gasteiger partial charge in [-0.3, -0.25) is 14.2 Å². The van der Waals surface area contributed by atoms with Crippen molar-refractivity contribution in [1.82, 2.24) is 63.4 Å². The van der Waals surface area contributed by atoms with Crippen LogP contribution < -0.4 is 59.1 Å². The van der Waals surface area contributed by atoms with Gasteiger partial charge in [0, 0.05) is 90.1 Å². The number of ketones is 1. The zero-order chi connectivity index (χ0) is 106. The van der Waals surface area contributed by atoms with Crippen molar-refractivity contribution in [2.75, 3.05) is 73.2 Å². The number of amides is 8. The summed E-state index contributed by atoms with van der Waals surface area (Å²) >= 11 is 0. The van der Waals surface area contributed by atoms with Gasteiger partial charge in [0.15, 0.2) is 20.6 Å². The average molecular weight is 2110 g/mol. The van der Waals surface area contributed by atoms with Crippen LogP contribution in [0.2, 0.25) is 0 Å². The molecule has 17 rings (SSSR count). The molecule has 5 aromatic carbocycles. The second kappa shape index (κ2) is 48.6. The highest BCUT2D eigenvalue weighted by Gasteiger charge is 2.33. The van der Waals surface area contributed by atoms with Crippen molar-refractivity contribution in [2.45, 2.75) is 191 Å². The minimum absolute atomic E-state index is 0.00407. The van der Waals surface area contributed by atoms with Crippen LogP contribution in [0, 0.1) is 18.2 Å². The van der Waals surface area contributed by atoms with E-state index in [1.54, 1.807) is 76.7 Å². The number of sulfone groups is 1. The molecule has 37 nitrogen and oxygen atoms in total. The number of unbranched alkanes of at least 4 members (excludes halogenated alkanes) is 2. The van der Waals surface area contributed by atoms with Crippen LogP contribution in [0.15, 0.2) is 187 Å². The third kappa shape index (κ3) is 29.6. The fourth-order valence-corrected chi connectivity index (χ4v) is 21.7. The summed E-state index contributed by atoms with van der Waals surface area (Å²) in [6.45, 7) is 18.4. The smallest absolute Gasteiger partial charge is 0.333 e. The number of benzene rings is 5. The Morgan fingerprint density at radius 3 is 1.41 bits per heavy atom. The van der Waals surface area contributed by atoms with Gasteiger partial charge in [0.25, 0.3) is 25.9 Å². The van der Waals surface area contributed by atoms with Crippen molar-refractivity contribution < 1.29 is 93.8 Å². The Hall–Kier alpha value is -14.7. The van der Waals surface area contributed by atoms with Crippen LogP contribution in [-0.4, -0.2) is 168 Å². The number of nitrogens with one attached hydrogen (secondary N) is 8. The third-order valence-electron chi connectivity index (χ3n) is 24.5. The number of fused-ring (bicyclic) bond motifs is 3. The van der Waals surface area contributed by atoms with Crippen molar-refractivity contribution in [3.8, 4) is 79.2 Å². The second-order valence-electron chi connectivity index (χ2n) is 36.2. The van der Waals surface area contributed by atoms with Gasteiger partial charge in [-0.05, 0) is 270 Å². The molecule has 5 aliphatic rings. The van der Waals surface area contributed by atoms with E-state index in [4.69, 9.17) is 25.5 Å². The first-order valence-corrected chi connectivity index (χ1v) is 56.0. The van der Waals surface area contributed by atoms with Gasteiger partial charge < -0.3 is 45.1 Å². The molecule has 7 heterocycles. The molecule has 0 spiro atoms. The topological polar surface area (TPSA) is 494 Å². The average Bonchev–Trinajstić information content (AvgIpc) is 1.70. The van der Waals surface area contributed by atoms with Gasteiger partial charge in [-0.2, -0.15) is 18.6 Å².